The smallest absolute Gasteiger partial charge is 0.365 e. The van der Waals surface area contributed by atoms with Gasteiger partial charge < -0.3 is 4.90 Å². The van der Waals surface area contributed by atoms with Crippen molar-refractivity contribution in [2.45, 2.75) is 32.0 Å². The van der Waals surface area contributed by atoms with Crippen LogP contribution in [-0.4, -0.2) is 6.54 Å². The Bertz CT molecular complexity index is 760. The normalized spacial score (nSPS) is 17.0. The molecule has 6 heteroatoms. The summed E-state index contributed by atoms with van der Waals surface area (Å²) in [6, 6.07) is 10.3. The molecule has 2 aromatic carbocycles. The number of nitrogens with zero attached hydrogens (tertiary/aromatic N) is 1. The Kier molecular flexibility index (Phi) is 4.85. The number of alkyl halides is 3. The molecule has 0 heterocycles. The molecule has 0 fully saturated rings. The molecule has 1 nitrogen and oxygen atoms in total. The van der Waals surface area contributed by atoms with E-state index in [-0.39, 0.29) is 11.1 Å². The molecule has 1 aliphatic carbocycles. The van der Waals surface area contributed by atoms with E-state index in [0.717, 1.165) is 23.4 Å². The second-order valence-electron chi connectivity index (χ2n) is 5.81. The van der Waals surface area contributed by atoms with Crippen molar-refractivity contribution in [2.75, 3.05) is 11.4 Å². The molecule has 1 unspecified atom stereocenters. The van der Waals surface area contributed by atoms with E-state index in [0.29, 0.717) is 12.2 Å². The van der Waals surface area contributed by atoms with Crippen LogP contribution in [0.3, 0.4) is 0 Å². The van der Waals surface area contributed by atoms with Gasteiger partial charge in [-0.1, -0.05) is 39.7 Å². The number of benzene rings is 2. The molecule has 0 bridgehead atoms. The van der Waals surface area contributed by atoms with Crippen LogP contribution in [-0.2, 0) is 12.6 Å². The van der Waals surface area contributed by atoms with Crippen molar-refractivity contribution >= 4 is 33.2 Å². The van der Waals surface area contributed by atoms with E-state index in [1.54, 1.807) is 6.07 Å². The summed E-state index contributed by atoms with van der Waals surface area (Å²) in [5.74, 6) is 0. The minimum absolute atomic E-state index is 0.0739. The Balaban J connectivity index is 2.02. The Morgan fingerprint density at radius 1 is 1.25 bits per heavy atom. The molecule has 24 heavy (non-hydrogen) atoms. The summed E-state index contributed by atoms with van der Waals surface area (Å²) in [6.45, 7) is 2.58. The Morgan fingerprint density at radius 2 is 2.00 bits per heavy atom. The zero-order valence-electron chi connectivity index (χ0n) is 13.0. The van der Waals surface area contributed by atoms with Crippen molar-refractivity contribution in [3.05, 3.63) is 62.6 Å². The first-order chi connectivity index (χ1) is 11.3. The van der Waals surface area contributed by atoms with Crippen molar-refractivity contribution < 1.29 is 13.2 Å². The standard InChI is InChI=1S/C18H16BrClF3N/c1-2-24(11-6-8-16(20)14(10-11)18(21,22)23)17-9-7-12-13(17)4-3-5-15(12)19/h3-6,8,10,17H,2,7,9H2,1H3. The number of hydrogen-bond acceptors (Lipinski definition) is 1. The summed E-state index contributed by atoms with van der Waals surface area (Å²) in [5, 5.41) is -0.267. The van der Waals surface area contributed by atoms with Crippen LogP contribution in [0.25, 0.3) is 0 Å². The van der Waals surface area contributed by atoms with Crippen molar-refractivity contribution in [1.82, 2.24) is 0 Å². The molecule has 0 radical (unpaired) electrons. The van der Waals surface area contributed by atoms with Crippen LogP contribution in [0.1, 0.15) is 36.1 Å². The van der Waals surface area contributed by atoms with Crippen LogP contribution in [0.4, 0.5) is 18.9 Å². The lowest BCUT2D eigenvalue weighted by Crippen LogP contribution is -2.27. The highest BCUT2D eigenvalue weighted by molar-refractivity contribution is 9.10. The zero-order chi connectivity index (χ0) is 17.5. The Morgan fingerprint density at radius 3 is 2.67 bits per heavy atom. The molecule has 0 spiro atoms. The van der Waals surface area contributed by atoms with E-state index in [9.17, 15) is 13.2 Å². The second kappa shape index (κ2) is 6.60. The summed E-state index contributed by atoms with van der Waals surface area (Å²) >= 11 is 9.31. The fourth-order valence-corrected chi connectivity index (χ4v) is 4.21. The molecule has 0 saturated carbocycles. The van der Waals surface area contributed by atoms with Gasteiger partial charge in [-0.25, -0.2) is 0 Å². The van der Waals surface area contributed by atoms with Crippen LogP contribution >= 0.6 is 27.5 Å². The Labute approximate surface area is 152 Å². The third-order valence-electron chi connectivity index (χ3n) is 4.49. The molecule has 2 aromatic rings. The molecule has 1 aliphatic rings. The average Bonchev–Trinajstić information content (AvgIpc) is 2.94. The maximum absolute atomic E-state index is 13.2. The predicted octanol–water partition coefficient (Wildman–Crippen LogP) is 6.64. The Hall–Kier alpha value is -1.20. The molecule has 0 aliphatic heterocycles. The number of anilines is 1. The zero-order valence-corrected chi connectivity index (χ0v) is 15.3. The number of fused-ring (bicyclic) bond motifs is 1. The third-order valence-corrected chi connectivity index (χ3v) is 5.56. The van der Waals surface area contributed by atoms with E-state index in [2.05, 4.69) is 22.0 Å². The van der Waals surface area contributed by atoms with E-state index >= 15 is 0 Å². The molecule has 0 amide bonds. The maximum atomic E-state index is 13.2. The van der Waals surface area contributed by atoms with Crippen LogP contribution in [0.5, 0.6) is 0 Å². The second-order valence-corrected chi connectivity index (χ2v) is 7.07. The quantitative estimate of drug-likeness (QED) is 0.540. The first-order valence-corrected chi connectivity index (χ1v) is 8.90. The van der Waals surface area contributed by atoms with Gasteiger partial charge in [0.1, 0.15) is 0 Å². The SMILES string of the molecule is CCN(c1ccc(Cl)c(C(F)(F)F)c1)C1CCc2c(Br)cccc21. The van der Waals surface area contributed by atoms with Gasteiger partial charge in [-0.15, -0.1) is 0 Å². The first kappa shape index (κ1) is 17.6. The highest BCUT2D eigenvalue weighted by atomic mass is 79.9. The fourth-order valence-electron chi connectivity index (χ4n) is 3.40. The van der Waals surface area contributed by atoms with E-state index in [1.165, 1.54) is 17.2 Å². The molecule has 1 atom stereocenters. The van der Waals surface area contributed by atoms with Crippen LogP contribution in [0.15, 0.2) is 40.9 Å². The summed E-state index contributed by atoms with van der Waals surface area (Å²) in [5.41, 5.74) is 2.18. The van der Waals surface area contributed by atoms with Crippen LogP contribution in [0.2, 0.25) is 5.02 Å². The van der Waals surface area contributed by atoms with E-state index in [1.807, 2.05) is 24.0 Å². The van der Waals surface area contributed by atoms with Crippen molar-refractivity contribution in [3.8, 4) is 0 Å². The topological polar surface area (TPSA) is 3.24 Å². The predicted molar refractivity (Wildman–Crippen MR) is 94.7 cm³/mol. The first-order valence-electron chi connectivity index (χ1n) is 7.73. The summed E-state index contributed by atoms with van der Waals surface area (Å²) < 4.78 is 40.5. The molecular weight excluding hydrogens is 403 g/mol. The van der Waals surface area contributed by atoms with Crippen molar-refractivity contribution in [2.24, 2.45) is 0 Å². The highest BCUT2D eigenvalue weighted by Crippen LogP contribution is 2.43. The number of rotatable bonds is 3. The van der Waals surface area contributed by atoms with Gasteiger partial charge in [0.15, 0.2) is 0 Å². The summed E-state index contributed by atoms with van der Waals surface area (Å²) in [6.07, 6.45) is -2.66. The van der Waals surface area contributed by atoms with Gasteiger partial charge in [0, 0.05) is 16.7 Å². The lowest BCUT2D eigenvalue weighted by Gasteiger charge is -2.31. The van der Waals surface area contributed by atoms with Gasteiger partial charge in [-0.05, 0) is 55.2 Å². The molecular formula is C18H16BrClF3N. The minimum atomic E-state index is -4.46. The average molecular weight is 419 g/mol. The monoisotopic (exact) mass is 417 g/mol. The fraction of sp³-hybridized carbons (Fsp3) is 0.333. The van der Waals surface area contributed by atoms with E-state index < -0.39 is 11.7 Å². The van der Waals surface area contributed by atoms with Gasteiger partial charge in [-0.2, -0.15) is 13.2 Å². The largest absolute Gasteiger partial charge is 0.417 e. The van der Waals surface area contributed by atoms with Crippen LogP contribution < -0.4 is 4.90 Å². The lowest BCUT2D eigenvalue weighted by atomic mass is 10.1. The molecule has 0 aromatic heterocycles. The van der Waals surface area contributed by atoms with Gasteiger partial charge in [0.2, 0.25) is 0 Å². The minimum Gasteiger partial charge on any atom is -0.365 e. The van der Waals surface area contributed by atoms with E-state index in [4.69, 9.17) is 11.6 Å². The summed E-state index contributed by atoms with van der Waals surface area (Å²) in [4.78, 5) is 2.02. The molecule has 0 saturated heterocycles. The van der Waals surface area contributed by atoms with Gasteiger partial charge in [-0.3, -0.25) is 0 Å². The van der Waals surface area contributed by atoms with Crippen molar-refractivity contribution in [1.29, 1.82) is 0 Å². The number of hydrogen-bond donors (Lipinski definition) is 0. The van der Waals surface area contributed by atoms with Gasteiger partial charge in [0.25, 0.3) is 0 Å². The lowest BCUT2D eigenvalue weighted by molar-refractivity contribution is -0.137. The third kappa shape index (κ3) is 3.16. The highest BCUT2D eigenvalue weighted by Gasteiger charge is 2.35. The molecule has 3 rings (SSSR count). The number of halogens is 5. The van der Waals surface area contributed by atoms with Gasteiger partial charge in [0.05, 0.1) is 16.6 Å². The van der Waals surface area contributed by atoms with Crippen LogP contribution in [0, 0.1) is 0 Å². The van der Waals surface area contributed by atoms with Crippen molar-refractivity contribution in [3.63, 3.8) is 0 Å². The summed E-state index contributed by atoms with van der Waals surface area (Å²) in [7, 11) is 0. The molecule has 0 N–H and O–H groups in total. The van der Waals surface area contributed by atoms with Gasteiger partial charge >= 0.3 is 6.18 Å². The maximum Gasteiger partial charge on any atom is 0.417 e. The molecule has 128 valence electrons.